The Labute approximate surface area is 150 Å². The van der Waals surface area contributed by atoms with Gasteiger partial charge in [0.25, 0.3) is 17.4 Å². The third-order valence-corrected chi connectivity index (χ3v) is 4.00. The van der Waals surface area contributed by atoms with Gasteiger partial charge in [-0.25, -0.2) is 0 Å². The number of nitrogens with one attached hydrogen (secondary N) is 3. The summed E-state index contributed by atoms with van der Waals surface area (Å²) in [4.78, 5) is 38.7. The maximum absolute atomic E-state index is 12.3. The van der Waals surface area contributed by atoms with Crippen molar-refractivity contribution >= 4 is 22.6 Å². The molecule has 2 aromatic carbocycles. The Bertz CT molecular complexity index is 1010. The SMILES string of the molecule is CCNC(=O)c1ccc(CNC(=O)c2cc3ccccc3c(=O)[nH]2)cc1. The van der Waals surface area contributed by atoms with Crippen LogP contribution in [0.2, 0.25) is 0 Å². The van der Waals surface area contributed by atoms with Gasteiger partial charge in [-0.3, -0.25) is 14.4 Å². The van der Waals surface area contributed by atoms with E-state index in [1.54, 1.807) is 48.5 Å². The van der Waals surface area contributed by atoms with E-state index in [1.165, 1.54) is 0 Å². The molecular formula is C20H19N3O3. The molecule has 2 amide bonds. The van der Waals surface area contributed by atoms with E-state index < -0.39 is 0 Å². The molecule has 0 radical (unpaired) electrons. The van der Waals surface area contributed by atoms with Crippen LogP contribution in [0, 0.1) is 0 Å². The predicted molar refractivity (Wildman–Crippen MR) is 100 cm³/mol. The van der Waals surface area contributed by atoms with Gasteiger partial charge in [0, 0.05) is 24.0 Å². The third-order valence-electron chi connectivity index (χ3n) is 4.00. The Kier molecular flexibility index (Phi) is 5.12. The number of fused-ring (bicyclic) bond motifs is 1. The van der Waals surface area contributed by atoms with E-state index in [0.717, 1.165) is 5.56 Å². The molecule has 0 bridgehead atoms. The van der Waals surface area contributed by atoms with Gasteiger partial charge in [0.1, 0.15) is 5.69 Å². The molecule has 0 fully saturated rings. The van der Waals surface area contributed by atoms with Crippen LogP contribution in [-0.4, -0.2) is 23.3 Å². The quantitative estimate of drug-likeness (QED) is 0.659. The summed E-state index contributed by atoms with van der Waals surface area (Å²) in [6.45, 7) is 2.73. The summed E-state index contributed by atoms with van der Waals surface area (Å²) >= 11 is 0. The Morgan fingerprint density at radius 2 is 1.69 bits per heavy atom. The van der Waals surface area contributed by atoms with Crippen LogP contribution in [-0.2, 0) is 6.54 Å². The topological polar surface area (TPSA) is 91.1 Å². The lowest BCUT2D eigenvalue weighted by Crippen LogP contribution is -2.26. The molecule has 0 saturated heterocycles. The standard InChI is InChI=1S/C20H19N3O3/c1-2-21-18(24)14-9-7-13(8-10-14)12-22-20(26)17-11-15-5-3-4-6-16(15)19(25)23-17/h3-11H,2,12H2,1H3,(H,21,24)(H,22,26)(H,23,25). The zero-order chi connectivity index (χ0) is 18.5. The average Bonchev–Trinajstić information content (AvgIpc) is 2.66. The normalized spacial score (nSPS) is 10.5. The zero-order valence-electron chi connectivity index (χ0n) is 14.3. The second-order valence-electron chi connectivity index (χ2n) is 5.84. The number of hydrogen-bond donors (Lipinski definition) is 3. The van der Waals surface area contributed by atoms with Crippen molar-refractivity contribution in [1.82, 2.24) is 15.6 Å². The van der Waals surface area contributed by atoms with Gasteiger partial charge in [-0.2, -0.15) is 0 Å². The highest BCUT2D eigenvalue weighted by Crippen LogP contribution is 2.10. The lowest BCUT2D eigenvalue weighted by Gasteiger charge is -2.07. The molecule has 3 N–H and O–H groups in total. The van der Waals surface area contributed by atoms with Crippen molar-refractivity contribution in [3.8, 4) is 0 Å². The van der Waals surface area contributed by atoms with E-state index in [-0.39, 0.29) is 23.1 Å². The molecule has 0 aliphatic heterocycles. The molecule has 3 rings (SSSR count). The number of amides is 2. The fraction of sp³-hybridized carbons (Fsp3) is 0.150. The van der Waals surface area contributed by atoms with Crippen LogP contribution >= 0.6 is 0 Å². The van der Waals surface area contributed by atoms with E-state index in [0.29, 0.717) is 29.4 Å². The van der Waals surface area contributed by atoms with Gasteiger partial charge in [-0.15, -0.1) is 0 Å². The van der Waals surface area contributed by atoms with Crippen molar-refractivity contribution in [3.05, 3.63) is 81.8 Å². The van der Waals surface area contributed by atoms with Crippen molar-refractivity contribution < 1.29 is 9.59 Å². The first-order chi connectivity index (χ1) is 12.6. The van der Waals surface area contributed by atoms with Crippen LogP contribution in [0.3, 0.4) is 0 Å². The van der Waals surface area contributed by atoms with Crippen molar-refractivity contribution in [1.29, 1.82) is 0 Å². The number of hydrogen-bond acceptors (Lipinski definition) is 3. The van der Waals surface area contributed by atoms with Crippen LogP contribution in [0.25, 0.3) is 10.8 Å². The number of pyridine rings is 1. The van der Waals surface area contributed by atoms with Crippen LogP contribution < -0.4 is 16.2 Å². The summed E-state index contributed by atoms with van der Waals surface area (Å²) in [7, 11) is 0. The lowest BCUT2D eigenvalue weighted by atomic mass is 10.1. The highest BCUT2D eigenvalue weighted by Gasteiger charge is 2.09. The number of carbonyl (C=O) groups excluding carboxylic acids is 2. The fourth-order valence-electron chi connectivity index (χ4n) is 2.65. The number of benzene rings is 2. The maximum atomic E-state index is 12.3. The minimum Gasteiger partial charge on any atom is -0.352 e. The van der Waals surface area contributed by atoms with Crippen LogP contribution in [0.4, 0.5) is 0 Å². The van der Waals surface area contributed by atoms with E-state index >= 15 is 0 Å². The van der Waals surface area contributed by atoms with Gasteiger partial charge in [0.2, 0.25) is 0 Å². The molecule has 0 aliphatic rings. The molecule has 26 heavy (non-hydrogen) atoms. The van der Waals surface area contributed by atoms with Gasteiger partial charge < -0.3 is 15.6 Å². The highest BCUT2D eigenvalue weighted by atomic mass is 16.2. The first kappa shape index (κ1) is 17.4. The van der Waals surface area contributed by atoms with E-state index in [1.807, 2.05) is 13.0 Å². The number of carbonyl (C=O) groups is 2. The molecule has 6 heteroatoms. The first-order valence-electron chi connectivity index (χ1n) is 8.36. The second-order valence-corrected chi connectivity index (χ2v) is 5.84. The highest BCUT2D eigenvalue weighted by molar-refractivity contribution is 5.96. The van der Waals surface area contributed by atoms with Gasteiger partial charge in [-0.1, -0.05) is 30.3 Å². The molecule has 132 valence electrons. The Morgan fingerprint density at radius 1 is 0.962 bits per heavy atom. The minimum absolute atomic E-state index is 0.128. The van der Waals surface area contributed by atoms with Gasteiger partial charge in [-0.05, 0) is 42.1 Å². The first-order valence-corrected chi connectivity index (χ1v) is 8.36. The molecule has 6 nitrogen and oxygen atoms in total. The van der Waals surface area contributed by atoms with Gasteiger partial charge >= 0.3 is 0 Å². The minimum atomic E-state index is -0.361. The molecule has 0 saturated carbocycles. The smallest absolute Gasteiger partial charge is 0.268 e. The number of aromatic amines is 1. The number of rotatable bonds is 5. The van der Waals surface area contributed by atoms with Crippen LogP contribution in [0.1, 0.15) is 33.3 Å². The summed E-state index contributed by atoms with van der Waals surface area (Å²) in [5, 5.41) is 6.76. The van der Waals surface area contributed by atoms with Crippen molar-refractivity contribution in [2.75, 3.05) is 6.54 Å². The Balaban J connectivity index is 1.69. The van der Waals surface area contributed by atoms with Gasteiger partial charge in [0.15, 0.2) is 0 Å². The average molecular weight is 349 g/mol. The molecular weight excluding hydrogens is 330 g/mol. The molecule has 1 aromatic heterocycles. The van der Waals surface area contributed by atoms with Crippen LogP contribution in [0.5, 0.6) is 0 Å². The van der Waals surface area contributed by atoms with E-state index in [2.05, 4.69) is 15.6 Å². The largest absolute Gasteiger partial charge is 0.352 e. The molecule has 1 heterocycles. The fourth-order valence-corrected chi connectivity index (χ4v) is 2.65. The Hall–Kier alpha value is -3.41. The number of H-pyrrole nitrogens is 1. The van der Waals surface area contributed by atoms with Gasteiger partial charge in [0.05, 0.1) is 0 Å². The van der Waals surface area contributed by atoms with E-state index in [9.17, 15) is 14.4 Å². The molecule has 0 atom stereocenters. The summed E-state index contributed by atoms with van der Waals surface area (Å²) in [5.41, 5.74) is 1.35. The van der Waals surface area contributed by atoms with Crippen molar-refractivity contribution in [2.24, 2.45) is 0 Å². The number of aromatic nitrogens is 1. The summed E-state index contributed by atoms with van der Waals surface area (Å²) in [5.74, 6) is -0.488. The summed E-state index contributed by atoms with van der Waals surface area (Å²) < 4.78 is 0. The van der Waals surface area contributed by atoms with Crippen molar-refractivity contribution in [2.45, 2.75) is 13.5 Å². The Morgan fingerprint density at radius 3 is 2.42 bits per heavy atom. The van der Waals surface area contributed by atoms with Crippen molar-refractivity contribution in [3.63, 3.8) is 0 Å². The molecule has 0 aliphatic carbocycles. The summed E-state index contributed by atoms with van der Waals surface area (Å²) in [6, 6.07) is 15.8. The predicted octanol–water partition coefficient (Wildman–Crippen LogP) is 2.21. The second kappa shape index (κ2) is 7.65. The van der Waals surface area contributed by atoms with E-state index in [4.69, 9.17) is 0 Å². The molecule has 3 aromatic rings. The third kappa shape index (κ3) is 3.80. The maximum Gasteiger partial charge on any atom is 0.268 e. The molecule has 0 unspecified atom stereocenters. The van der Waals surface area contributed by atoms with Crippen LogP contribution in [0.15, 0.2) is 59.4 Å². The monoisotopic (exact) mass is 349 g/mol. The molecule has 0 spiro atoms. The zero-order valence-corrected chi connectivity index (χ0v) is 14.3. The summed E-state index contributed by atoms with van der Waals surface area (Å²) in [6.07, 6.45) is 0. The lowest BCUT2D eigenvalue weighted by molar-refractivity contribution is 0.0940.